The minimum absolute atomic E-state index is 0.0505. The second-order valence-electron chi connectivity index (χ2n) is 4.51. The molecule has 18 heavy (non-hydrogen) atoms. The number of nitrogens with one attached hydrogen (secondary N) is 1. The SMILES string of the molecule is CCC1CN(C(=O)c2ccc(=O)[nH]c2)CCC1=O. The number of carbonyl (C=O) groups is 2. The van der Waals surface area contributed by atoms with Crippen molar-refractivity contribution in [2.24, 2.45) is 5.92 Å². The van der Waals surface area contributed by atoms with E-state index in [1.807, 2.05) is 6.92 Å². The molecule has 0 aliphatic carbocycles. The van der Waals surface area contributed by atoms with Crippen molar-refractivity contribution in [1.29, 1.82) is 0 Å². The van der Waals surface area contributed by atoms with E-state index in [1.54, 1.807) is 4.90 Å². The summed E-state index contributed by atoms with van der Waals surface area (Å²) in [5.74, 6) is 0.0608. The zero-order chi connectivity index (χ0) is 13.1. The maximum Gasteiger partial charge on any atom is 0.255 e. The predicted molar refractivity (Wildman–Crippen MR) is 66.4 cm³/mol. The van der Waals surface area contributed by atoms with Crippen LogP contribution in [0, 0.1) is 5.92 Å². The van der Waals surface area contributed by atoms with Crippen LogP contribution in [0.15, 0.2) is 23.1 Å². The van der Waals surface area contributed by atoms with Crippen LogP contribution in [0.3, 0.4) is 0 Å². The lowest BCUT2D eigenvalue weighted by Gasteiger charge is -2.31. The van der Waals surface area contributed by atoms with Crippen molar-refractivity contribution >= 4 is 11.7 Å². The fourth-order valence-corrected chi connectivity index (χ4v) is 2.18. The minimum atomic E-state index is -0.230. The monoisotopic (exact) mass is 248 g/mol. The van der Waals surface area contributed by atoms with Gasteiger partial charge in [0, 0.05) is 37.7 Å². The normalized spacial score (nSPS) is 19.9. The molecular weight excluding hydrogens is 232 g/mol. The molecule has 1 unspecified atom stereocenters. The van der Waals surface area contributed by atoms with Gasteiger partial charge < -0.3 is 9.88 Å². The van der Waals surface area contributed by atoms with Gasteiger partial charge in [0.05, 0.1) is 5.56 Å². The highest BCUT2D eigenvalue weighted by Crippen LogP contribution is 2.17. The molecule has 5 nitrogen and oxygen atoms in total. The fourth-order valence-electron chi connectivity index (χ4n) is 2.18. The third kappa shape index (κ3) is 2.50. The number of piperidine rings is 1. The van der Waals surface area contributed by atoms with Crippen LogP contribution >= 0.6 is 0 Å². The lowest BCUT2D eigenvalue weighted by atomic mass is 9.94. The van der Waals surface area contributed by atoms with Gasteiger partial charge in [-0.25, -0.2) is 0 Å². The minimum Gasteiger partial charge on any atom is -0.337 e. The molecule has 1 aromatic heterocycles. The molecule has 0 spiro atoms. The Hall–Kier alpha value is -1.91. The predicted octanol–water partition coefficient (Wildman–Crippen LogP) is 0.816. The number of likely N-dealkylation sites (tertiary alicyclic amines) is 1. The standard InChI is InChI=1S/C13H16N2O3/c1-2-9-8-15(6-5-11(9)16)13(18)10-3-4-12(17)14-7-10/h3-4,7,9H,2,5-6,8H2,1H3,(H,14,17). The Morgan fingerprint density at radius 2 is 2.22 bits per heavy atom. The van der Waals surface area contributed by atoms with Gasteiger partial charge in [-0.15, -0.1) is 0 Å². The van der Waals surface area contributed by atoms with E-state index in [1.165, 1.54) is 18.3 Å². The average molecular weight is 248 g/mol. The second-order valence-corrected chi connectivity index (χ2v) is 4.51. The number of aromatic amines is 1. The van der Waals surface area contributed by atoms with E-state index >= 15 is 0 Å². The fraction of sp³-hybridized carbons (Fsp3) is 0.462. The number of amides is 1. The third-order valence-corrected chi connectivity index (χ3v) is 3.34. The van der Waals surface area contributed by atoms with Gasteiger partial charge in [-0.2, -0.15) is 0 Å². The van der Waals surface area contributed by atoms with Crippen molar-refractivity contribution in [3.63, 3.8) is 0 Å². The highest BCUT2D eigenvalue weighted by atomic mass is 16.2. The number of pyridine rings is 1. The van der Waals surface area contributed by atoms with Gasteiger partial charge >= 0.3 is 0 Å². The molecule has 1 amide bonds. The van der Waals surface area contributed by atoms with Gasteiger partial charge in [0.25, 0.3) is 5.91 Å². The Morgan fingerprint density at radius 3 is 2.83 bits per heavy atom. The van der Waals surface area contributed by atoms with Crippen LogP contribution in [0.25, 0.3) is 0 Å². The number of nitrogens with zero attached hydrogens (tertiary/aromatic N) is 1. The van der Waals surface area contributed by atoms with Crippen LogP contribution in [0.1, 0.15) is 30.1 Å². The first kappa shape index (κ1) is 12.5. The smallest absolute Gasteiger partial charge is 0.255 e. The summed E-state index contributed by atoms with van der Waals surface area (Å²) < 4.78 is 0. The van der Waals surface area contributed by atoms with Crippen LogP contribution in [-0.4, -0.2) is 34.7 Å². The van der Waals surface area contributed by atoms with Crippen molar-refractivity contribution in [2.75, 3.05) is 13.1 Å². The number of rotatable bonds is 2. The van der Waals surface area contributed by atoms with Crippen molar-refractivity contribution in [2.45, 2.75) is 19.8 Å². The molecule has 5 heteroatoms. The Balaban J connectivity index is 2.12. The molecule has 0 saturated carbocycles. The second kappa shape index (κ2) is 5.16. The zero-order valence-electron chi connectivity index (χ0n) is 10.3. The van der Waals surface area contributed by atoms with Crippen molar-refractivity contribution < 1.29 is 9.59 Å². The van der Waals surface area contributed by atoms with Gasteiger partial charge in [0.2, 0.25) is 5.56 Å². The van der Waals surface area contributed by atoms with E-state index in [9.17, 15) is 14.4 Å². The number of H-pyrrole nitrogens is 1. The van der Waals surface area contributed by atoms with E-state index in [2.05, 4.69) is 4.98 Å². The highest BCUT2D eigenvalue weighted by Gasteiger charge is 2.28. The summed E-state index contributed by atoms with van der Waals surface area (Å²) in [6.45, 7) is 2.90. The molecule has 2 rings (SSSR count). The van der Waals surface area contributed by atoms with Gasteiger partial charge in [-0.05, 0) is 12.5 Å². The molecular formula is C13H16N2O3. The van der Waals surface area contributed by atoms with Gasteiger partial charge in [0.1, 0.15) is 5.78 Å². The summed E-state index contributed by atoms with van der Waals surface area (Å²) in [7, 11) is 0. The Kier molecular flexibility index (Phi) is 3.60. The summed E-state index contributed by atoms with van der Waals surface area (Å²) in [5.41, 5.74) is 0.227. The van der Waals surface area contributed by atoms with Crippen LogP contribution in [0.2, 0.25) is 0 Å². The maximum atomic E-state index is 12.2. The third-order valence-electron chi connectivity index (χ3n) is 3.34. The molecule has 1 aromatic rings. The van der Waals surface area contributed by atoms with Gasteiger partial charge in [0.15, 0.2) is 0 Å². The van der Waals surface area contributed by atoms with E-state index in [4.69, 9.17) is 0 Å². The van der Waals surface area contributed by atoms with E-state index in [0.29, 0.717) is 25.1 Å². The lowest BCUT2D eigenvalue weighted by Crippen LogP contribution is -2.44. The average Bonchev–Trinajstić information content (AvgIpc) is 2.39. The van der Waals surface area contributed by atoms with Crippen molar-refractivity contribution in [3.8, 4) is 0 Å². The number of hydrogen-bond acceptors (Lipinski definition) is 3. The summed E-state index contributed by atoms with van der Waals surface area (Å²) in [6.07, 6.45) is 2.60. The van der Waals surface area contributed by atoms with Crippen molar-refractivity contribution in [3.05, 3.63) is 34.2 Å². The van der Waals surface area contributed by atoms with Crippen LogP contribution in [0.5, 0.6) is 0 Å². The van der Waals surface area contributed by atoms with Crippen LogP contribution in [0.4, 0.5) is 0 Å². The van der Waals surface area contributed by atoms with E-state index in [0.717, 1.165) is 6.42 Å². The quantitative estimate of drug-likeness (QED) is 0.842. The van der Waals surface area contributed by atoms with Gasteiger partial charge in [-0.1, -0.05) is 6.92 Å². The molecule has 0 bridgehead atoms. The van der Waals surface area contributed by atoms with Crippen LogP contribution < -0.4 is 5.56 Å². The molecule has 1 N–H and O–H groups in total. The van der Waals surface area contributed by atoms with E-state index < -0.39 is 0 Å². The summed E-state index contributed by atoms with van der Waals surface area (Å²) in [6, 6.07) is 2.85. The molecule has 96 valence electrons. The summed E-state index contributed by atoms with van der Waals surface area (Å²) in [4.78, 5) is 38.9. The molecule has 0 aromatic carbocycles. The molecule has 1 saturated heterocycles. The zero-order valence-corrected chi connectivity index (χ0v) is 10.3. The number of aromatic nitrogens is 1. The first-order chi connectivity index (χ1) is 8.61. The first-order valence-corrected chi connectivity index (χ1v) is 6.12. The Morgan fingerprint density at radius 1 is 1.44 bits per heavy atom. The van der Waals surface area contributed by atoms with E-state index in [-0.39, 0.29) is 23.2 Å². The number of Topliss-reactive ketones (excluding diaryl/α,β-unsaturated/α-hetero) is 1. The number of carbonyl (C=O) groups excluding carboxylic acids is 2. The first-order valence-electron chi connectivity index (χ1n) is 6.12. The van der Waals surface area contributed by atoms with Crippen molar-refractivity contribution in [1.82, 2.24) is 9.88 Å². The summed E-state index contributed by atoms with van der Waals surface area (Å²) in [5, 5.41) is 0. The Bertz CT molecular complexity index is 501. The maximum absolute atomic E-state index is 12.2. The molecule has 1 aliphatic heterocycles. The number of ketones is 1. The van der Waals surface area contributed by atoms with Gasteiger partial charge in [-0.3, -0.25) is 14.4 Å². The number of hydrogen-bond donors (Lipinski definition) is 1. The molecule has 0 radical (unpaired) electrons. The highest BCUT2D eigenvalue weighted by molar-refractivity contribution is 5.95. The lowest BCUT2D eigenvalue weighted by molar-refractivity contribution is -0.125. The molecule has 1 aliphatic rings. The summed E-state index contributed by atoms with van der Waals surface area (Å²) >= 11 is 0. The largest absolute Gasteiger partial charge is 0.337 e. The topological polar surface area (TPSA) is 70.2 Å². The van der Waals surface area contributed by atoms with Crippen LogP contribution in [-0.2, 0) is 4.79 Å². The molecule has 1 atom stereocenters. The molecule has 1 fully saturated rings. The Labute approximate surface area is 105 Å². The molecule has 2 heterocycles.